The van der Waals surface area contributed by atoms with E-state index in [1.807, 2.05) is 56.0 Å². The molecule has 0 aliphatic carbocycles. The van der Waals surface area contributed by atoms with Crippen molar-refractivity contribution in [2.24, 2.45) is 0 Å². The number of ether oxygens (including phenoxy) is 1. The molecule has 7 heteroatoms. The van der Waals surface area contributed by atoms with E-state index in [-0.39, 0.29) is 17.8 Å². The molecule has 0 spiro atoms. The molecule has 1 amide bonds. The molecule has 1 aliphatic heterocycles. The van der Waals surface area contributed by atoms with Crippen LogP contribution in [0, 0.1) is 13.8 Å². The normalized spacial score (nSPS) is 14.3. The molecule has 2 aromatic carbocycles. The Balaban J connectivity index is 1.33. The standard InChI is InChI=1S/C23H25N3O3S/c1-15-8-9-16(2)20(12-15)28-14-21-24-25-23(29-21)30-17(3)22(27)26-11-10-18-6-4-5-7-19(18)13-26/h4-9,12,17H,10-11,13-14H2,1-3H3. The Bertz CT molecular complexity index is 1050. The lowest BCUT2D eigenvalue weighted by molar-refractivity contribution is -0.131. The second-order valence-electron chi connectivity index (χ2n) is 7.56. The number of hydrogen-bond acceptors (Lipinski definition) is 6. The van der Waals surface area contributed by atoms with Crippen molar-refractivity contribution in [3.8, 4) is 5.75 Å². The van der Waals surface area contributed by atoms with Gasteiger partial charge in [-0.15, -0.1) is 10.2 Å². The van der Waals surface area contributed by atoms with Gasteiger partial charge in [-0.3, -0.25) is 4.79 Å². The highest BCUT2D eigenvalue weighted by molar-refractivity contribution is 8.00. The van der Waals surface area contributed by atoms with E-state index in [0.717, 1.165) is 29.8 Å². The molecular formula is C23H25N3O3S. The Morgan fingerprint density at radius 2 is 2.00 bits per heavy atom. The fourth-order valence-electron chi connectivity index (χ4n) is 3.49. The minimum Gasteiger partial charge on any atom is -0.484 e. The van der Waals surface area contributed by atoms with Gasteiger partial charge in [-0.2, -0.15) is 0 Å². The van der Waals surface area contributed by atoms with Gasteiger partial charge >= 0.3 is 0 Å². The van der Waals surface area contributed by atoms with Gasteiger partial charge in [-0.05, 0) is 55.5 Å². The van der Waals surface area contributed by atoms with Gasteiger partial charge < -0.3 is 14.1 Å². The van der Waals surface area contributed by atoms with Crippen molar-refractivity contribution in [2.75, 3.05) is 6.54 Å². The van der Waals surface area contributed by atoms with Crippen molar-refractivity contribution >= 4 is 17.7 Å². The minimum absolute atomic E-state index is 0.0842. The first-order chi connectivity index (χ1) is 14.5. The molecule has 0 radical (unpaired) electrons. The summed E-state index contributed by atoms with van der Waals surface area (Å²) in [5.74, 6) is 1.28. The van der Waals surface area contributed by atoms with Crippen molar-refractivity contribution < 1.29 is 13.9 Å². The van der Waals surface area contributed by atoms with E-state index in [1.165, 1.54) is 22.9 Å². The van der Waals surface area contributed by atoms with Crippen LogP contribution in [0.4, 0.5) is 0 Å². The first-order valence-corrected chi connectivity index (χ1v) is 10.9. The molecule has 1 atom stereocenters. The fraction of sp³-hybridized carbons (Fsp3) is 0.348. The maximum Gasteiger partial charge on any atom is 0.277 e. The van der Waals surface area contributed by atoms with Gasteiger partial charge in [0.05, 0.1) is 5.25 Å². The maximum absolute atomic E-state index is 12.9. The molecule has 0 N–H and O–H groups in total. The van der Waals surface area contributed by atoms with E-state index >= 15 is 0 Å². The fourth-order valence-corrected chi connectivity index (χ4v) is 4.27. The molecular weight excluding hydrogens is 398 g/mol. The molecule has 3 aromatic rings. The van der Waals surface area contributed by atoms with E-state index in [1.54, 1.807) is 0 Å². The van der Waals surface area contributed by atoms with E-state index in [9.17, 15) is 4.79 Å². The summed E-state index contributed by atoms with van der Waals surface area (Å²) in [5, 5.41) is 8.20. The molecule has 1 aromatic heterocycles. The van der Waals surface area contributed by atoms with Crippen molar-refractivity contribution in [2.45, 2.75) is 50.8 Å². The number of carbonyl (C=O) groups excluding carboxylic acids is 1. The van der Waals surface area contributed by atoms with Gasteiger partial charge in [0, 0.05) is 13.1 Å². The molecule has 6 nitrogen and oxygen atoms in total. The molecule has 0 saturated carbocycles. The molecule has 0 saturated heterocycles. The number of rotatable bonds is 6. The summed E-state index contributed by atoms with van der Waals surface area (Å²) in [4.78, 5) is 14.8. The molecule has 0 bridgehead atoms. The highest BCUT2D eigenvalue weighted by Crippen LogP contribution is 2.27. The lowest BCUT2D eigenvalue weighted by atomic mass is 10.00. The SMILES string of the molecule is Cc1ccc(C)c(OCc2nnc(SC(C)C(=O)N3CCc4ccccc4C3)o2)c1. The highest BCUT2D eigenvalue weighted by Gasteiger charge is 2.26. The van der Waals surface area contributed by atoms with Crippen molar-refractivity contribution in [1.82, 2.24) is 15.1 Å². The van der Waals surface area contributed by atoms with Gasteiger partial charge in [0.25, 0.3) is 11.1 Å². The quantitative estimate of drug-likeness (QED) is 0.550. The second-order valence-corrected chi connectivity index (χ2v) is 8.85. The number of fused-ring (bicyclic) bond motifs is 1. The van der Waals surface area contributed by atoms with Crippen LogP contribution in [0.3, 0.4) is 0 Å². The van der Waals surface area contributed by atoms with Crippen LogP contribution < -0.4 is 4.74 Å². The highest BCUT2D eigenvalue weighted by atomic mass is 32.2. The first kappa shape index (κ1) is 20.5. The van der Waals surface area contributed by atoms with Gasteiger partial charge in [-0.1, -0.05) is 48.2 Å². The molecule has 1 aliphatic rings. The lowest BCUT2D eigenvalue weighted by Gasteiger charge is -2.30. The Labute approximate surface area is 180 Å². The maximum atomic E-state index is 12.9. The molecule has 30 heavy (non-hydrogen) atoms. The van der Waals surface area contributed by atoms with Crippen LogP contribution in [0.5, 0.6) is 5.75 Å². The van der Waals surface area contributed by atoms with Crippen LogP contribution >= 0.6 is 11.8 Å². The van der Waals surface area contributed by atoms with Gasteiger partial charge in [0.2, 0.25) is 5.91 Å². The van der Waals surface area contributed by atoms with Crippen LogP contribution in [-0.2, 0) is 24.4 Å². The Morgan fingerprint density at radius 1 is 1.20 bits per heavy atom. The second kappa shape index (κ2) is 8.92. The zero-order valence-corrected chi connectivity index (χ0v) is 18.2. The number of aryl methyl sites for hydroxylation is 2. The van der Waals surface area contributed by atoms with Crippen LogP contribution in [0.2, 0.25) is 0 Å². The summed E-state index contributed by atoms with van der Waals surface area (Å²) < 4.78 is 11.5. The molecule has 4 rings (SSSR count). The topological polar surface area (TPSA) is 68.5 Å². The first-order valence-electron chi connectivity index (χ1n) is 10.0. The predicted molar refractivity (Wildman–Crippen MR) is 115 cm³/mol. The molecule has 2 heterocycles. The van der Waals surface area contributed by atoms with Crippen LogP contribution in [0.15, 0.2) is 52.1 Å². The van der Waals surface area contributed by atoms with Gasteiger partial charge in [0.1, 0.15) is 5.75 Å². The number of aromatic nitrogens is 2. The van der Waals surface area contributed by atoms with Crippen LogP contribution in [-0.4, -0.2) is 32.8 Å². The number of thioether (sulfide) groups is 1. The molecule has 0 fully saturated rings. The molecule has 1 unspecified atom stereocenters. The van der Waals surface area contributed by atoms with E-state index in [4.69, 9.17) is 9.15 Å². The van der Waals surface area contributed by atoms with E-state index in [2.05, 4.69) is 22.3 Å². The Morgan fingerprint density at radius 3 is 2.83 bits per heavy atom. The van der Waals surface area contributed by atoms with Crippen LogP contribution in [0.1, 0.15) is 35.1 Å². The number of benzene rings is 2. The summed E-state index contributed by atoms with van der Waals surface area (Å²) in [6.07, 6.45) is 0.889. The molecule has 156 valence electrons. The van der Waals surface area contributed by atoms with Crippen molar-refractivity contribution in [3.05, 3.63) is 70.6 Å². The van der Waals surface area contributed by atoms with Gasteiger partial charge in [0.15, 0.2) is 6.61 Å². The third-order valence-electron chi connectivity index (χ3n) is 5.21. The summed E-state index contributed by atoms with van der Waals surface area (Å²) >= 11 is 1.29. The van der Waals surface area contributed by atoms with Crippen molar-refractivity contribution in [3.63, 3.8) is 0 Å². The summed E-state index contributed by atoms with van der Waals surface area (Å²) in [5.41, 5.74) is 4.73. The van der Waals surface area contributed by atoms with E-state index < -0.39 is 0 Å². The number of nitrogens with zero attached hydrogens (tertiary/aromatic N) is 3. The van der Waals surface area contributed by atoms with Crippen LogP contribution in [0.25, 0.3) is 0 Å². The lowest BCUT2D eigenvalue weighted by Crippen LogP contribution is -2.40. The average molecular weight is 424 g/mol. The number of carbonyl (C=O) groups is 1. The van der Waals surface area contributed by atoms with E-state index in [0.29, 0.717) is 17.7 Å². The smallest absolute Gasteiger partial charge is 0.277 e. The zero-order chi connectivity index (χ0) is 21.1. The minimum atomic E-state index is -0.302. The number of hydrogen-bond donors (Lipinski definition) is 0. The predicted octanol–water partition coefficient (Wildman–Crippen LogP) is 4.33. The third kappa shape index (κ3) is 4.67. The summed E-state index contributed by atoms with van der Waals surface area (Å²) in [6.45, 7) is 7.48. The summed E-state index contributed by atoms with van der Waals surface area (Å²) in [7, 11) is 0. The Kier molecular flexibility index (Phi) is 6.08. The zero-order valence-electron chi connectivity index (χ0n) is 17.4. The largest absolute Gasteiger partial charge is 0.484 e. The van der Waals surface area contributed by atoms with Gasteiger partial charge in [-0.25, -0.2) is 0 Å². The third-order valence-corrected chi connectivity index (χ3v) is 6.13. The average Bonchev–Trinajstić information content (AvgIpc) is 3.20. The van der Waals surface area contributed by atoms with Crippen molar-refractivity contribution in [1.29, 1.82) is 0 Å². The Hall–Kier alpha value is -2.80. The number of amides is 1. The monoisotopic (exact) mass is 423 g/mol. The summed E-state index contributed by atoms with van der Waals surface area (Å²) in [6, 6.07) is 14.3.